The summed E-state index contributed by atoms with van der Waals surface area (Å²) in [6, 6.07) is 25.6. The van der Waals surface area contributed by atoms with E-state index in [1.807, 2.05) is 54.6 Å². The Balaban J connectivity index is 1.49. The molecule has 0 saturated carbocycles. The van der Waals surface area contributed by atoms with Crippen LogP contribution in [-0.4, -0.2) is 10.2 Å². The number of allylic oxidation sites excluding steroid dienone is 1. The summed E-state index contributed by atoms with van der Waals surface area (Å²) in [5, 5.41) is 17.0. The van der Waals surface area contributed by atoms with Gasteiger partial charge < -0.3 is 15.2 Å². The van der Waals surface area contributed by atoms with Crippen LogP contribution in [0.5, 0.6) is 11.6 Å². The highest BCUT2D eigenvalue weighted by atomic mass is 19.1. The molecule has 1 aromatic heterocycles. The molecule has 1 aliphatic rings. The first kappa shape index (κ1) is 20.3. The van der Waals surface area contributed by atoms with Gasteiger partial charge in [0.05, 0.1) is 17.2 Å². The van der Waals surface area contributed by atoms with Gasteiger partial charge >= 0.3 is 0 Å². The number of nitrogens with one attached hydrogen (secondary N) is 1. The number of hydrogen-bond acceptors (Lipinski definition) is 5. The van der Waals surface area contributed by atoms with Crippen molar-refractivity contribution in [2.45, 2.75) is 12.5 Å². The van der Waals surface area contributed by atoms with Gasteiger partial charge in [-0.1, -0.05) is 42.5 Å². The molecule has 0 saturated heterocycles. The van der Waals surface area contributed by atoms with E-state index in [-0.39, 0.29) is 17.3 Å². The zero-order valence-corrected chi connectivity index (χ0v) is 17.5. The van der Waals surface area contributed by atoms with Crippen LogP contribution in [0.15, 0.2) is 90.3 Å². The highest BCUT2D eigenvalue weighted by Gasteiger charge is 2.35. The van der Waals surface area contributed by atoms with Gasteiger partial charge in [0.25, 0.3) is 0 Å². The zero-order valence-electron chi connectivity index (χ0n) is 17.5. The number of nitrogens with zero attached hydrogens (tertiary/aromatic N) is 2. The predicted octanol–water partition coefficient (Wildman–Crippen LogP) is 5.01. The third-order valence-electron chi connectivity index (χ3n) is 5.51. The van der Waals surface area contributed by atoms with Crippen LogP contribution in [0.2, 0.25) is 0 Å². The van der Waals surface area contributed by atoms with Crippen molar-refractivity contribution >= 4 is 0 Å². The third-order valence-corrected chi connectivity index (χ3v) is 5.51. The van der Waals surface area contributed by atoms with Crippen LogP contribution >= 0.6 is 0 Å². The van der Waals surface area contributed by atoms with Crippen molar-refractivity contribution in [2.75, 3.05) is 0 Å². The average Bonchev–Trinajstić information content (AvgIpc) is 3.26. The Hall–Kier alpha value is -4.57. The third kappa shape index (κ3) is 3.90. The number of nitriles is 1. The number of hydrogen-bond donors (Lipinski definition) is 2. The molecule has 0 radical (unpaired) electrons. The summed E-state index contributed by atoms with van der Waals surface area (Å²) < 4.78 is 25.5. The van der Waals surface area contributed by atoms with E-state index in [4.69, 9.17) is 15.2 Å². The van der Waals surface area contributed by atoms with Gasteiger partial charge in [0, 0.05) is 5.56 Å². The SMILES string of the molecule is N#CC1=C(N)Oc2n[nH]c(-c3ccc(OCc4ccccc4)cc3)c2[C@H]1c1cccc(F)c1. The first-order chi connectivity index (χ1) is 16.1. The lowest BCUT2D eigenvalue weighted by Crippen LogP contribution is -2.21. The number of aromatic nitrogens is 2. The zero-order chi connectivity index (χ0) is 22.8. The number of ether oxygens (including phenoxy) is 2. The summed E-state index contributed by atoms with van der Waals surface area (Å²) >= 11 is 0. The molecule has 0 amide bonds. The summed E-state index contributed by atoms with van der Waals surface area (Å²) in [7, 11) is 0. The molecule has 4 aromatic rings. The van der Waals surface area contributed by atoms with E-state index >= 15 is 0 Å². The first-order valence-corrected chi connectivity index (χ1v) is 10.3. The molecule has 0 aliphatic carbocycles. The minimum Gasteiger partial charge on any atom is -0.489 e. The number of halogens is 1. The summed E-state index contributed by atoms with van der Waals surface area (Å²) in [6.45, 7) is 0.463. The number of aromatic amines is 1. The Kier molecular flexibility index (Phi) is 5.25. The number of fused-ring (bicyclic) bond motifs is 1. The van der Waals surface area contributed by atoms with Crippen LogP contribution in [-0.2, 0) is 6.61 Å². The molecule has 0 bridgehead atoms. The van der Waals surface area contributed by atoms with E-state index in [2.05, 4.69) is 16.3 Å². The maximum Gasteiger partial charge on any atom is 0.244 e. The van der Waals surface area contributed by atoms with Crippen molar-refractivity contribution in [3.63, 3.8) is 0 Å². The Morgan fingerprint density at radius 3 is 2.58 bits per heavy atom. The van der Waals surface area contributed by atoms with Crippen LogP contribution in [0.25, 0.3) is 11.3 Å². The van der Waals surface area contributed by atoms with Gasteiger partial charge in [0.15, 0.2) is 0 Å². The van der Waals surface area contributed by atoms with Gasteiger partial charge in [-0.15, -0.1) is 5.10 Å². The molecule has 0 fully saturated rings. The van der Waals surface area contributed by atoms with Crippen LogP contribution in [0, 0.1) is 17.1 Å². The second-order valence-corrected chi connectivity index (χ2v) is 7.60. The summed E-state index contributed by atoms with van der Waals surface area (Å²) in [6.07, 6.45) is 0. The topological polar surface area (TPSA) is 97.0 Å². The number of H-pyrrole nitrogens is 1. The highest BCUT2D eigenvalue weighted by Crippen LogP contribution is 2.45. The fourth-order valence-corrected chi connectivity index (χ4v) is 3.94. The molecule has 5 rings (SSSR count). The van der Waals surface area contributed by atoms with Crippen LogP contribution in [0.3, 0.4) is 0 Å². The van der Waals surface area contributed by atoms with E-state index < -0.39 is 11.7 Å². The van der Waals surface area contributed by atoms with Crippen LogP contribution < -0.4 is 15.2 Å². The standard InChI is InChI=1S/C26H19FN4O2/c27-19-8-4-7-18(13-19)22-21(14-28)25(29)33-26-23(22)24(30-31-26)17-9-11-20(12-10-17)32-15-16-5-2-1-3-6-16/h1-13,22H,15,29H2,(H,30,31)/t22-/m0/s1. The van der Waals surface area contributed by atoms with Gasteiger partial charge in [-0.25, -0.2) is 4.39 Å². The van der Waals surface area contributed by atoms with E-state index in [1.54, 1.807) is 12.1 Å². The summed E-state index contributed by atoms with van der Waals surface area (Å²) in [5.41, 5.74) is 9.97. The molecule has 0 spiro atoms. The summed E-state index contributed by atoms with van der Waals surface area (Å²) in [5.74, 6) is -0.0727. The largest absolute Gasteiger partial charge is 0.489 e. The monoisotopic (exact) mass is 438 g/mol. The molecule has 162 valence electrons. The molecule has 33 heavy (non-hydrogen) atoms. The number of benzene rings is 3. The van der Waals surface area contributed by atoms with E-state index in [9.17, 15) is 9.65 Å². The van der Waals surface area contributed by atoms with Gasteiger partial charge in [-0.2, -0.15) is 5.26 Å². The fraction of sp³-hybridized carbons (Fsp3) is 0.0769. The molecule has 7 heteroatoms. The minimum absolute atomic E-state index is 0.0398. The second-order valence-electron chi connectivity index (χ2n) is 7.60. The lowest BCUT2D eigenvalue weighted by molar-refractivity contribution is 0.306. The van der Waals surface area contributed by atoms with Crippen molar-refractivity contribution < 1.29 is 13.9 Å². The lowest BCUT2D eigenvalue weighted by atomic mass is 9.83. The average molecular weight is 438 g/mol. The minimum atomic E-state index is -0.614. The Morgan fingerprint density at radius 2 is 1.85 bits per heavy atom. The molecular formula is C26H19FN4O2. The quantitative estimate of drug-likeness (QED) is 0.456. The molecule has 1 aliphatic heterocycles. The van der Waals surface area contributed by atoms with Gasteiger partial charge in [0.1, 0.15) is 29.8 Å². The molecule has 3 N–H and O–H groups in total. The smallest absolute Gasteiger partial charge is 0.244 e. The van der Waals surface area contributed by atoms with Crippen LogP contribution in [0.4, 0.5) is 4.39 Å². The van der Waals surface area contributed by atoms with Crippen molar-refractivity contribution in [1.29, 1.82) is 5.26 Å². The predicted molar refractivity (Wildman–Crippen MR) is 120 cm³/mol. The molecule has 1 atom stereocenters. The van der Waals surface area contributed by atoms with Crippen LogP contribution in [0.1, 0.15) is 22.6 Å². The number of nitrogens with two attached hydrogens (primary N) is 1. The molecular weight excluding hydrogens is 419 g/mol. The lowest BCUT2D eigenvalue weighted by Gasteiger charge is -2.24. The summed E-state index contributed by atoms with van der Waals surface area (Å²) in [4.78, 5) is 0. The van der Waals surface area contributed by atoms with Crippen molar-refractivity contribution in [1.82, 2.24) is 10.2 Å². The molecule has 2 heterocycles. The normalized spacial score (nSPS) is 14.8. The fourth-order valence-electron chi connectivity index (χ4n) is 3.94. The maximum atomic E-state index is 14.0. The molecule has 3 aromatic carbocycles. The first-order valence-electron chi connectivity index (χ1n) is 10.3. The van der Waals surface area contributed by atoms with Crippen molar-refractivity contribution in [2.24, 2.45) is 5.73 Å². The van der Waals surface area contributed by atoms with E-state index in [1.165, 1.54) is 12.1 Å². The van der Waals surface area contributed by atoms with E-state index in [0.29, 0.717) is 23.4 Å². The van der Waals surface area contributed by atoms with Crippen molar-refractivity contribution in [3.05, 3.63) is 113 Å². The molecule has 0 unspecified atom stereocenters. The van der Waals surface area contributed by atoms with Crippen molar-refractivity contribution in [3.8, 4) is 29.0 Å². The highest BCUT2D eigenvalue weighted by molar-refractivity contribution is 5.71. The van der Waals surface area contributed by atoms with Gasteiger partial charge in [0.2, 0.25) is 11.8 Å². The maximum absolute atomic E-state index is 14.0. The molecule has 6 nitrogen and oxygen atoms in total. The van der Waals surface area contributed by atoms with Gasteiger partial charge in [-0.3, -0.25) is 5.10 Å². The Morgan fingerprint density at radius 1 is 1.06 bits per heavy atom. The van der Waals surface area contributed by atoms with E-state index in [0.717, 1.165) is 16.9 Å². The Bertz CT molecular complexity index is 1370. The number of rotatable bonds is 5. The Labute approximate surface area is 189 Å². The second kappa shape index (κ2) is 8.52. The van der Waals surface area contributed by atoms with Gasteiger partial charge in [-0.05, 0) is 47.5 Å².